The summed E-state index contributed by atoms with van der Waals surface area (Å²) in [5, 5.41) is 3.66. The summed E-state index contributed by atoms with van der Waals surface area (Å²) in [6, 6.07) is 15.2. The van der Waals surface area contributed by atoms with Crippen LogP contribution in [0, 0.1) is 6.92 Å². The molecule has 1 unspecified atom stereocenters. The summed E-state index contributed by atoms with van der Waals surface area (Å²) in [5.74, 6) is 0.537. The second kappa shape index (κ2) is 12.0. The first-order valence-corrected chi connectivity index (χ1v) is 11.7. The molecule has 4 nitrogen and oxygen atoms in total. The van der Waals surface area contributed by atoms with Gasteiger partial charge in [-0.1, -0.05) is 48.4 Å². The van der Waals surface area contributed by atoms with Crippen molar-refractivity contribution in [1.82, 2.24) is 10.2 Å². The third-order valence-corrected chi connectivity index (χ3v) is 5.92. The maximum Gasteiger partial charge on any atom is 0.243 e. The molecule has 0 bridgehead atoms. The number of nitrogens with one attached hydrogen (secondary N) is 1. The van der Waals surface area contributed by atoms with Crippen molar-refractivity contribution in [2.75, 3.05) is 5.75 Å². The molecule has 1 N–H and O–H groups in total. The fourth-order valence-electron chi connectivity index (χ4n) is 3.24. The Labute approximate surface area is 189 Å². The number of benzene rings is 2. The van der Waals surface area contributed by atoms with Gasteiger partial charge in [-0.25, -0.2) is 0 Å². The van der Waals surface area contributed by atoms with E-state index in [9.17, 15) is 9.59 Å². The zero-order chi connectivity index (χ0) is 22.1. The van der Waals surface area contributed by atoms with Crippen LogP contribution in [0.2, 0.25) is 5.02 Å². The molecule has 1 atom stereocenters. The average Bonchev–Trinajstić information content (AvgIpc) is 2.68. The number of amides is 2. The molecule has 30 heavy (non-hydrogen) atoms. The Morgan fingerprint density at radius 1 is 1.13 bits per heavy atom. The molecule has 0 aliphatic carbocycles. The van der Waals surface area contributed by atoms with E-state index < -0.39 is 6.04 Å². The second-order valence-electron chi connectivity index (χ2n) is 7.65. The van der Waals surface area contributed by atoms with Crippen LogP contribution in [0.3, 0.4) is 0 Å². The minimum Gasteiger partial charge on any atom is -0.352 e. The monoisotopic (exact) mass is 446 g/mol. The van der Waals surface area contributed by atoms with Gasteiger partial charge in [0.05, 0.1) is 0 Å². The number of thioether (sulfide) groups is 1. The van der Waals surface area contributed by atoms with Crippen molar-refractivity contribution in [2.24, 2.45) is 0 Å². The van der Waals surface area contributed by atoms with Crippen LogP contribution in [0.4, 0.5) is 0 Å². The standard InChI is InChI=1S/C24H31ClN2O2S/c1-5-22(24(29)26-17(2)3)27(16-19-8-6-7-18(4)15-19)23(28)13-14-30-21-11-9-20(25)10-12-21/h6-12,15,17,22H,5,13-14,16H2,1-4H3,(H,26,29). The van der Waals surface area contributed by atoms with Crippen molar-refractivity contribution in [2.45, 2.75) is 64.1 Å². The molecule has 0 saturated carbocycles. The highest BCUT2D eigenvalue weighted by Gasteiger charge is 2.28. The minimum absolute atomic E-state index is 0.0104. The van der Waals surface area contributed by atoms with Crippen molar-refractivity contribution in [1.29, 1.82) is 0 Å². The van der Waals surface area contributed by atoms with Gasteiger partial charge >= 0.3 is 0 Å². The van der Waals surface area contributed by atoms with Gasteiger partial charge in [0.1, 0.15) is 6.04 Å². The molecule has 2 aromatic carbocycles. The van der Waals surface area contributed by atoms with Crippen LogP contribution >= 0.6 is 23.4 Å². The van der Waals surface area contributed by atoms with Crippen LogP contribution in [0.15, 0.2) is 53.4 Å². The Hall–Kier alpha value is -1.98. The topological polar surface area (TPSA) is 49.4 Å². The van der Waals surface area contributed by atoms with Crippen LogP contribution in [-0.4, -0.2) is 34.6 Å². The summed E-state index contributed by atoms with van der Waals surface area (Å²) in [4.78, 5) is 28.8. The summed E-state index contributed by atoms with van der Waals surface area (Å²) >= 11 is 7.55. The molecule has 2 aromatic rings. The third kappa shape index (κ3) is 7.69. The van der Waals surface area contributed by atoms with Gasteiger partial charge < -0.3 is 10.2 Å². The van der Waals surface area contributed by atoms with E-state index in [1.807, 2.05) is 70.2 Å². The van der Waals surface area contributed by atoms with Crippen molar-refractivity contribution < 1.29 is 9.59 Å². The van der Waals surface area contributed by atoms with Gasteiger partial charge in [0.25, 0.3) is 0 Å². The molecule has 0 aliphatic rings. The Morgan fingerprint density at radius 2 is 1.83 bits per heavy atom. The van der Waals surface area contributed by atoms with Crippen molar-refractivity contribution in [3.8, 4) is 0 Å². The zero-order valence-corrected chi connectivity index (χ0v) is 19.7. The molecule has 0 radical (unpaired) electrons. The highest BCUT2D eigenvalue weighted by atomic mass is 35.5. The molecule has 0 saturated heterocycles. The Balaban J connectivity index is 2.12. The number of nitrogens with zero attached hydrogens (tertiary/aromatic N) is 1. The van der Waals surface area contributed by atoms with E-state index in [0.717, 1.165) is 16.0 Å². The van der Waals surface area contributed by atoms with Crippen molar-refractivity contribution in [3.63, 3.8) is 0 Å². The van der Waals surface area contributed by atoms with Crippen LogP contribution in [-0.2, 0) is 16.1 Å². The highest BCUT2D eigenvalue weighted by Crippen LogP contribution is 2.22. The maximum absolute atomic E-state index is 13.2. The lowest BCUT2D eigenvalue weighted by Crippen LogP contribution is -2.50. The van der Waals surface area contributed by atoms with Gasteiger partial charge in [0.2, 0.25) is 11.8 Å². The predicted molar refractivity (Wildman–Crippen MR) is 126 cm³/mol. The summed E-state index contributed by atoms with van der Waals surface area (Å²) in [5.41, 5.74) is 2.17. The quantitative estimate of drug-likeness (QED) is 0.493. The lowest BCUT2D eigenvalue weighted by atomic mass is 10.1. The molecule has 0 aromatic heterocycles. The molecule has 2 rings (SSSR count). The van der Waals surface area contributed by atoms with Crippen molar-refractivity contribution in [3.05, 3.63) is 64.7 Å². The molecule has 0 fully saturated rings. The Bertz CT molecular complexity index is 839. The van der Waals surface area contributed by atoms with Gasteiger partial charge in [-0.2, -0.15) is 0 Å². The molecule has 0 spiro atoms. The van der Waals surface area contributed by atoms with Gasteiger partial charge in [-0.05, 0) is 57.0 Å². The Morgan fingerprint density at radius 3 is 2.43 bits per heavy atom. The molecule has 0 heterocycles. The normalized spacial score (nSPS) is 11.9. The summed E-state index contributed by atoms with van der Waals surface area (Å²) in [7, 11) is 0. The average molecular weight is 447 g/mol. The summed E-state index contributed by atoms with van der Waals surface area (Å²) in [6.07, 6.45) is 0.936. The van der Waals surface area contributed by atoms with E-state index >= 15 is 0 Å². The highest BCUT2D eigenvalue weighted by molar-refractivity contribution is 7.99. The lowest BCUT2D eigenvalue weighted by Gasteiger charge is -2.31. The molecule has 6 heteroatoms. The van der Waals surface area contributed by atoms with Crippen molar-refractivity contribution >= 4 is 35.2 Å². The van der Waals surface area contributed by atoms with Crippen LogP contribution in [0.5, 0.6) is 0 Å². The number of hydrogen-bond donors (Lipinski definition) is 1. The molecule has 0 aliphatic heterocycles. The molecule has 2 amide bonds. The summed E-state index contributed by atoms with van der Waals surface area (Å²) in [6.45, 7) is 8.26. The van der Waals surface area contributed by atoms with Gasteiger partial charge in [-0.15, -0.1) is 11.8 Å². The number of carbonyl (C=O) groups excluding carboxylic acids is 2. The second-order valence-corrected chi connectivity index (χ2v) is 9.26. The first-order chi connectivity index (χ1) is 14.3. The minimum atomic E-state index is -0.485. The van der Waals surface area contributed by atoms with Gasteiger partial charge in [0.15, 0.2) is 0 Å². The summed E-state index contributed by atoms with van der Waals surface area (Å²) < 4.78 is 0. The lowest BCUT2D eigenvalue weighted by molar-refractivity contribution is -0.141. The van der Waals surface area contributed by atoms with Crippen LogP contribution < -0.4 is 5.32 Å². The SMILES string of the molecule is CCC(C(=O)NC(C)C)N(Cc1cccc(C)c1)C(=O)CCSc1ccc(Cl)cc1. The Kier molecular flexibility index (Phi) is 9.73. The van der Waals surface area contributed by atoms with Gasteiger partial charge in [-0.3, -0.25) is 9.59 Å². The largest absolute Gasteiger partial charge is 0.352 e. The maximum atomic E-state index is 13.2. The molecular weight excluding hydrogens is 416 g/mol. The van der Waals surface area contributed by atoms with E-state index in [1.165, 1.54) is 0 Å². The fourth-order valence-corrected chi connectivity index (χ4v) is 4.20. The van der Waals surface area contributed by atoms with E-state index in [-0.39, 0.29) is 17.9 Å². The fraction of sp³-hybridized carbons (Fsp3) is 0.417. The first kappa shape index (κ1) is 24.3. The van der Waals surface area contributed by atoms with Crippen LogP contribution in [0.1, 0.15) is 44.7 Å². The van der Waals surface area contributed by atoms with Gasteiger partial charge in [0, 0.05) is 34.7 Å². The smallest absolute Gasteiger partial charge is 0.243 e. The number of hydrogen-bond acceptors (Lipinski definition) is 3. The van der Waals surface area contributed by atoms with E-state index in [4.69, 9.17) is 11.6 Å². The van der Waals surface area contributed by atoms with E-state index in [1.54, 1.807) is 16.7 Å². The molecular formula is C24H31ClN2O2S. The number of aryl methyl sites for hydroxylation is 1. The number of carbonyl (C=O) groups is 2. The number of rotatable bonds is 10. The van der Waals surface area contributed by atoms with E-state index in [0.29, 0.717) is 30.2 Å². The molecule has 162 valence electrons. The number of halogens is 1. The van der Waals surface area contributed by atoms with Crippen LogP contribution in [0.25, 0.3) is 0 Å². The van der Waals surface area contributed by atoms with E-state index in [2.05, 4.69) is 11.4 Å². The predicted octanol–water partition coefficient (Wildman–Crippen LogP) is 5.46. The zero-order valence-electron chi connectivity index (χ0n) is 18.2. The first-order valence-electron chi connectivity index (χ1n) is 10.3. The third-order valence-electron chi connectivity index (χ3n) is 4.65.